The van der Waals surface area contributed by atoms with E-state index < -0.39 is 0 Å². The number of rotatable bonds is 6. The topological polar surface area (TPSA) is 59.1 Å². The molecule has 9 aromatic heterocycles. The first-order valence-corrected chi connectivity index (χ1v) is 51.2. The van der Waals surface area contributed by atoms with Gasteiger partial charge in [0.05, 0.1) is 59.2 Å². The lowest BCUT2D eigenvalue weighted by atomic mass is 9.96. The summed E-state index contributed by atoms with van der Waals surface area (Å²) in [6, 6.07) is 172. The molecule has 34 rings (SSSR count). The highest BCUT2D eigenvalue weighted by atomic mass is 32.1. The lowest BCUT2D eigenvalue weighted by Gasteiger charge is -2.12. The Hall–Kier alpha value is -18.6. The first-order valence-electron chi connectivity index (χ1n) is 49.6. The minimum absolute atomic E-state index is 0.894. The van der Waals surface area contributed by atoms with Crippen LogP contribution in [0.5, 0.6) is 0 Å². The van der Waals surface area contributed by atoms with Crippen LogP contribution in [0.4, 0.5) is 0 Å². The fourth-order valence-electron chi connectivity index (χ4n) is 24.7. The van der Waals surface area contributed by atoms with Crippen LogP contribution in [-0.2, 0) is 0 Å². The van der Waals surface area contributed by atoms with Crippen LogP contribution in [0.25, 0.3) is 314 Å². The maximum Gasteiger partial charge on any atom is 0.144 e. The number of hydrogen-bond donors (Lipinski definition) is 0. The van der Waals surface area contributed by atoms with Crippen molar-refractivity contribution in [1.29, 1.82) is 0 Å². The molecule has 672 valence electrons. The molecule has 0 saturated heterocycles. The maximum absolute atomic E-state index is 6.89. The van der Waals surface area contributed by atoms with Crippen LogP contribution >= 0.6 is 22.7 Å². The van der Waals surface area contributed by atoms with Gasteiger partial charge in [0.25, 0.3) is 0 Å². The van der Waals surface area contributed by atoms with Crippen molar-refractivity contribution in [1.82, 2.24) is 18.3 Å². The fourth-order valence-corrected chi connectivity index (χ4v) is 27.2. The SMILES string of the molecule is c1ccc(-c2ccc3c(c2)c2c4ccccc4c4c5ccccc5sc4c2n3-c2ccc(-c3cccc4cc5c(cc34)oc3ccccc35)cc2)cc1.c1ccc(-n2c3cc4c(cc3c3c5ccccc5ccc32)c2ccccc2n4-c2ccc3c(c2)oc2ccc4ccccc4c23)cc1.c1ccc2c(c1)ccc1c2oc2c3ccccc3c3c(c4ccccc4n3-c3cccc4c3sc3ccc5ccccc5c34)c12. The summed E-state index contributed by atoms with van der Waals surface area (Å²) in [6.45, 7) is 0. The second-order valence-electron chi connectivity index (χ2n) is 38.6. The lowest BCUT2D eigenvalue weighted by Crippen LogP contribution is -1.95. The Morgan fingerprint density at radius 2 is 0.697 bits per heavy atom. The molecule has 9 heterocycles. The first-order chi connectivity index (χ1) is 71.9. The van der Waals surface area contributed by atoms with E-state index in [1.807, 2.05) is 34.8 Å². The molecule has 25 aromatic carbocycles. The Morgan fingerprint density at radius 1 is 0.166 bits per heavy atom. The van der Waals surface area contributed by atoms with E-state index in [0.717, 1.165) is 82.9 Å². The molecule has 0 aliphatic rings. The average Bonchev–Trinajstić information content (AvgIpc) is 1.53. The molecule has 7 nitrogen and oxygen atoms in total. The van der Waals surface area contributed by atoms with Crippen molar-refractivity contribution in [2.45, 2.75) is 0 Å². The Labute approximate surface area is 834 Å². The molecule has 0 bridgehead atoms. The van der Waals surface area contributed by atoms with Gasteiger partial charge in [-0.25, -0.2) is 0 Å². The number of nitrogens with zero attached hydrogens (tertiary/aromatic N) is 4. The second kappa shape index (κ2) is 30.9. The van der Waals surface area contributed by atoms with Gasteiger partial charge in [0.15, 0.2) is 0 Å². The highest BCUT2D eigenvalue weighted by Crippen LogP contribution is 2.54. The quantitative estimate of drug-likeness (QED) is 0.167. The summed E-state index contributed by atoms with van der Waals surface area (Å²) >= 11 is 3.80. The predicted octanol–water partition coefficient (Wildman–Crippen LogP) is 39.3. The molecular weight excluding hydrogens is 1800 g/mol. The standard InChI is InChI=1S/C50H29NOS.C44H26N2O.C42H23NOS/c1-2-11-30(12-3-1)32-23-26-43-42(27-32)47-37-15-4-5-16-38(37)48-39-17-7-9-20-46(39)53-50(48)49(47)51(43)34-24-21-31(22-25-34)35-18-10-13-33-28-41-36-14-6-8-19-44(36)52-45(41)29-40(33)35;1-2-12-29(13-3-1)45-38-22-18-27-10-4-6-14-31(27)43(38)36-25-35-33-16-8-9-17-37(33)46(39(35)26-40(36)45)30-20-21-34-42(24-30)47-41-23-19-28-11-5-7-15-32(28)44(34)41;1-3-12-26-24(10-1)21-23-35-36(26)32-17-9-19-34(42(32)45-35)43-33-18-8-7-16-30(33)37-38-31-22-20-25-11-2-4-13-27(25)40(31)44-41(38)29-15-6-5-14-28(29)39(37)43/h1-29H;1-26H;1-23H. The number of para-hydroxylation sites is 4. The number of furan rings is 3. The summed E-state index contributed by atoms with van der Waals surface area (Å²) in [5.74, 6) is 0. The minimum atomic E-state index is 0.894. The monoisotopic (exact) mass is 1880 g/mol. The highest BCUT2D eigenvalue weighted by Gasteiger charge is 2.30. The van der Waals surface area contributed by atoms with Gasteiger partial charge in [0.1, 0.15) is 33.5 Å². The largest absolute Gasteiger partial charge is 0.456 e. The summed E-state index contributed by atoms with van der Waals surface area (Å²) in [5.41, 5.74) is 24.6. The normalized spacial score (nSPS) is 12.3. The van der Waals surface area contributed by atoms with Gasteiger partial charge < -0.3 is 31.5 Å². The predicted molar refractivity (Wildman–Crippen MR) is 618 cm³/mol. The van der Waals surface area contributed by atoms with E-state index in [2.05, 4.69) is 479 Å². The van der Waals surface area contributed by atoms with Gasteiger partial charge in [-0.3, -0.25) is 0 Å². The summed E-state index contributed by atoms with van der Waals surface area (Å²) in [6.07, 6.45) is 0. The van der Waals surface area contributed by atoms with Crippen molar-refractivity contribution in [2.24, 2.45) is 0 Å². The van der Waals surface area contributed by atoms with Crippen molar-refractivity contribution in [3.05, 3.63) is 473 Å². The van der Waals surface area contributed by atoms with Gasteiger partial charge in [-0.05, 0) is 209 Å². The molecule has 0 fully saturated rings. The third-order valence-corrected chi connectivity index (χ3v) is 33.3. The second-order valence-corrected chi connectivity index (χ2v) is 40.7. The summed E-state index contributed by atoms with van der Waals surface area (Å²) in [4.78, 5) is 0. The number of fused-ring (bicyclic) bond motifs is 44. The molecule has 0 atom stereocenters. The third-order valence-electron chi connectivity index (χ3n) is 31.0. The minimum Gasteiger partial charge on any atom is -0.456 e. The summed E-state index contributed by atoms with van der Waals surface area (Å²) in [7, 11) is 0. The van der Waals surface area contributed by atoms with E-state index in [9.17, 15) is 0 Å². The first kappa shape index (κ1) is 80.2. The van der Waals surface area contributed by atoms with E-state index in [1.54, 1.807) is 0 Å². The molecule has 145 heavy (non-hydrogen) atoms. The molecule has 0 saturated carbocycles. The van der Waals surface area contributed by atoms with Crippen LogP contribution < -0.4 is 0 Å². The smallest absolute Gasteiger partial charge is 0.144 e. The van der Waals surface area contributed by atoms with E-state index in [1.165, 1.54) is 231 Å². The summed E-state index contributed by atoms with van der Waals surface area (Å²) in [5, 5.41) is 39.6. The van der Waals surface area contributed by atoms with Crippen molar-refractivity contribution in [3.63, 3.8) is 0 Å². The van der Waals surface area contributed by atoms with Gasteiger partial charge in [0, 0.05) is 146 Å². The molecular formula is C136H78N4O3S2. The van der Waals surface area contributed by atoms with Crippen LogP contribution in [0.1, 0.15) is 0 Å². The van der Waals surface area contributed by atoms with Crippen LogP contribution in [0.3, 0.4) is 0 Å². The van der Waals surface area contributed by atoms with Crippen molar-refractivity contribution in [2.75, 3.05) is 0 Å². The van der Waals surface area contributed by atoms with Crippen molar-refractivity contribution >= 4 is 291 Å². The Bertz CT molecular complexity index is 11600. The highest BCUT2D eigenvalue weighted by molar-refractivity contribution is 7.27. The van der Waals surface area contributed by atoms with Crippen LogP contribution in [0.15, 0.2) is 486 Å². The number of aromatic nitrogens is 4. The maximum atomic E-state index is 6.89. The van der Waals surface area contributed by atoms with Crippen molar-refractivity contribution in [3.8, 4) is 45.0 Å². The van der Waals surface area contributed by atoms with Crippen molar-refractivity contribution < 1.29 is 13.3 Å². The lowest BCUT2D eigenvalue weighted by molar-refractivity contribution is 0.668. The van der Waals surface area contributed by atoms with Crippen LogP contribution in [-0.4, -0.2) is 18.3 Å². The number of hydrogen-bond acceptors (Lipinski definition) is 5. The van der Waals surface area contributed by atoms with E-state index >= 15 is 0 Å². The third kappa shape index (κ3) is 11.7. The summed E-state index contributed by atoms with van der Waals surface area (Å²) < 4.78 is 34.9. The van der Waals surface area contributed by atoms with Gasteiger partial charge in [-0.15, -0.1) is 22.7 Å². The van der Waals surface area contributed by atoms with Crippen LogP contribution in [0.2, 0.25) is 0 Å². The zero-order chi connectivity index (χ0) is 94.5. The molecule has 0 spiro atoms. The zero-order valence-corrected chi connectivity index (χ0v) is 79.5. The Balaban J connectivity index is 0.0000000975. The molecule has 0 N–H and O–H groups in total. The van der Waals surface area contributed by atoms with Crippen LogP contribution in [0, 0.1) is 0 Å². The molecule has 34 aromatic rings. The molecule has 0 amide bonds. The molecule has 0 radical (unpaired) electrons. The van der Waals surface area contributed by atoms with Gasteiger partial charge in [-0.1, -0.05) is 340 Å². The van der Waals surface area contributed by atoms with Gasteiger partial charge >= 0.3 is 0 Å². The number of thiophene rings is 2. The Kier molecular flexibility index (Phi) is 17.1. The van der Waals surface area contributed by atoms with Gasteiger partial charge in [-0.2, -0.15) is 0 Å². The fraction of sp³-hybridized carbons (Fsp3) is 0. The van der Waals surface area contributed by atoms with E-state index in [-0.39, 0.29) is 0 Å². The number of benzene rings is 25. The van der Waals surface area contributed by atoms with E-state index in [0.29, 0.717) is 0 Å². The molecule has 0 unspecified atom stereocenters. The molecule has 9 heteroatoms. The van der Waals surface area contributed by atoms with Gasteiger partial charge in [0.2, 0.25) is 0 Å². The Morgan fingerprint density at radius 3 is 1.48 bits per heavy atom. The van der Waals surface area contributed by atoms with E-state index in [4.69, 9.17) is 13.3 Å². The molecule has 0 aliphatic heterocycles. The zero-order valence-electron chi connectivity index (χ0n) is 77.9. The average molecular weight is 1880 g/mol. The molecule has 0 aliphatic carbocycles.